The van der Waals surface area contributed by atoms with Gasteiger partial charge in [-0.2, -0.15) is 0 Å². The second-order valence-electron chi connectivity index (χ2n) is 7.10. The molecule has 5 heteroatoms. The Balaban J connectivity index is 2.70. The molecule has 1 aliphatic heterocycles. The van der Waals surface area contributed by atoms with Crippen molar-refractivity contribution in [2.45, 2.75) is 83.7 Å². The molecule has 0 amide bonds. The SMILES string of the molecule is CC(=O)O[C@@H]1C=CO[C@H](CO[Si](C(C)C)(C(C)C)C(C)C)C1. The van der Waals surface area contributed by atoms with Gasteiger partial charge in [-0.1, -0.05) is 41.5 Å². The van der Waals surface area contributed by atoms with Crippen LogP contribution in [0.15, 0.2) is 12.3 Å². The van der Waals surface area contributed by atoms with Gasteiger partial charge in [0.15, 0.2) is 0 Å². The maximum atomic E-state index is 11.1. The monoisotopic (exact) mass is 328 g/mol. The number of hydrogen-bond acceptors (Lipinski definition) is 4. The summed E-state index contributed by atoms with van der Waals surface area (Å²) in [5, 5.41) is 0. The third-order valence-electron chi connectivity index (χ3n) is 4.60. The molecule has 0 saturated heterocycles. The summed E-state index contributed by atoms with van der Waals surface area (Å²) in [6.45, 7) is 15.6. The van der Waals surface area contributed by atoms with Crippen LogP contribution in [-0.2, 0) is 18.7 Å². The lowest BCUT2D eigenvalue weighted by molar-refractivity contribution is -0.146. The van der Waals surface area contributed by atoms with Gasteiger partial charge in [-0.05, 0) is 22.7 Å². The van der Waals surface area contributed by atoms with E-state index in [0.717, 1.165) is 0 Å². The van der Waals surface area contributed by atoms with Crippen molar-refractivity contribution in [2.24, 2.45) is 0 Å². The van der Waals surface area contributed by atoms with E-state index < -0.39 is 8.32 Å². The molecule has 22 heavy (non-hydrogen) atoms. The zero-order valence-electron chi connectivity index (χ0n) is 15.1. The standard InChI is InChI=1S/C17H32O4Si/c1-12(2)22(13(3)4,14(5)6)20-11-17-10-16(8-9-19-17)21-15(7)18/h8-9,12-14,16-17H,10-11H2,1-7H3/t16-,17+/m1/s1. The van der Waals surface area contributed by atoms with Crippen LogP contribution in [0.5, 0.6) is 0 Å². The van der Waals surface area contributed by atoms with Gasteiger partial charge in [0.05, 0.1) is 12.9 Å². The first-order valence-electron chi connectivity index (χ1n) is 8.33. The number of esters is 1. The predicted molar refractivity (Wildman–Crippen MR) is 91.2 cm³/mol. The largest absolute Gasteiger partial charge is 0.496 e. The highest BCUT2D eigenvalue weighted by Gasteiger charge is 2.45. The van der Waals surface area contributed by atoms with Crippen LogP contribution in [0.4, 0.5) is 0 Å². The maximum absolute atomic E-state index is 11.1. The molecule has 2 atom stereocenters. The fourth-order valence-electron chi connectivity index (χ4n) is 3.78. The molecule has 0 unspecified atom stereocenters. The van der Waals surface area contributed by atoms with E-state index >= 15 is 0 Å². The molecule has 1 aliphatic rings. The van der Waals surface area contributed by atoms with E-state index in [4.69, 9.17) is 13.9 Å². The minimum Gasteiger partial charge on any atom is -0.496 e. The molecule has 1 heterocycles. The van der Waals surface area contributed by atoms with Gasteiger partial charge in [-0.25, -0.2) is 0 Å². The Morgan fingerprint density at radius 1 is 1.18 bits per heavy atom. The summed E-state index contributed by atoms with van der Waals surface area (Å²) in [5.41, 5.74) is 1.66. The van der Waals surface area contributed by atoms with Crippen LogP contribution in [-0.4, -0.2) is 33.1 Å². The molecule has 0 aromatic carbocycles. The Morgan fingerprint density at radius 3 is 2.18 bits per heavy atom. The lowest BCUT2D eigenvalue weighted by atomic mass is 10.1. The summed E-state index contributed by atoms with van der Waals surface area (Å²) in [6, 6.07) is 0. The highest BCUT2D eigenvalue weighted by molar-refractivity contribution is 6.77. The van der Waals surface area contributed by atoms with E-state index in [2.05, 4.69) is 41.5 Å². The molecule has 0 aliphatic carbocycles. The van der Waals surface area contributed by atoms with Gasteiger partial charge in [0.1, 0.15) is 12.2 Å². The number of rotatable bonds is 7. The minimum atomic E-state index is -1.88. The topological polar surface area (TPSA) is 44.8 Å². The maximum Gasteiger partial charge on any atom is 0.303 e. The Morgan fingerprint density at radius 2 is 1.73 bits per heavy atom. The Hall–Kier alpha value is -0.813. The van der Waals surface area contributed by atoms with Crippen LogP contribution in [0, 0.1) is 0 Å². The van der Waals surface area contributed by atoms with E-state index in [9.17, 15) is 4.79 Å². The lowest BCUT2D eigenvalue weighted by Gasteiger charge is -2.43. The molecular weight excluding hydrogens is 296 g/mol. The molecule has 4 nitrogen and oxygen atoms in total. The van der Waals surface area contributed by atoms with Gasteiger partial charge in [-0.3, -0.25) is 4.79 Å². The van der Waals surface area contributed by atoms with Crippen molar-refractivity contribution in [3.8, 4) is 0 Å². The molecule has 128 valence electrons. The summed E-state index contributed by atoms with van der Waals surface area (Å²) in [7, 11) is -1.88. The van der Waals surface area contributed by atoms with Crippen molar-refractivity contribution in [3.63, 3.8) is 0 Å². The van der Waals surface area contributed by atoms with E-state index in [1.54, 1.807) is 12.3 Å². The van der Waals surface area contributed by atoms with Gasteiger partial charge in [0, 0.05) is 13.3 Å². The Bertz CT molecular complexity index is 368. The first kappa shape index (κ1) is 19.2. The average molecular weight is 329 g/mol. The van der Waals surface area contributed by atoms with Gasteiger partial charge in [0.25, 0.3) is 0 Å². The second-order valence-corrected chi connectivity index (χ2v) is 12.6. The third-order valence-corrected chi connectivity index (χ3v) is 10.7. The Labute approximate surface area is 136 Å². The van der Waals surface area contributed by atoms with Crippen molar-refractivity contribution in [1.82, 2.24) is 0 Å². The summed E-state index contributed by atoms with van der Waals surface area (Å²) in [5.74, 6) is -0.258. The van der Waals surface area contributed by atoms with Gasteiger partial charge < -0.3 is 13.9 Å². The lowest BCUT2D eigenvalue weighted by Crippen LogP contribution is -2.49. The molecule has 1 rings (SSSR count). The zero-order chi connectivity index (χ0) is 16.9. The van der Waals surface area contributed by atoms with Crippen molar-refractivity contribution in [2.75, 3.05) is 6.61 Å². The molecule has 0 N–H and O–H groups in total. The summed E-state index contributed by atoms with van der Waals surface area (Å²) in [6.07, 6.45) is 3.84. The summed E-state index contributed by atoms with van der Waals surface area (Å²) < 4.78 is 17.4. The van der Waals surface area contributed by atoms with Gasteiger partial charge >= 0.3 is 5.97 Å². The number of hydrogen-bond donors (Lipinski definition) is 0. The van der Waals surface area contributed by atoms with Gasteiger partial charge in [0.2, 0.25) is 8.32 Å². The molecule has 0 spiro atoms. The van der Waals surface area contributed by atoms with E-state index in [1.807, 2.05) is 0 Å². The first-order valence-corrected chi connectivity index (χ1v) is 10.5. The molecule has 0 aromatic rings. The molecular formula is C17H32O4Si. The first-order chi connectivity index (χ1) is 10.2. The van der Waals surface area contributed by atoms with E-state index in [1.165, 1.54) is 6.92 Å². The minimum absolute atomic E-state index is 0.0440. The van der Waals surface area contributed by atoms with Crippen LogP contribution in [0.25, 0.3) is 0 Å². The van der Waals surface area contributed by atoms with Crippen molar-refractivity contribution in [1.29, 1.82) is 0 Å². The smallest absolute Gasteiger partial charge is 0.303 e. The summed E-state index contributed by atoms with van der Waals surface area (Å²) >= 11 is 0. The van der Waals surface area contributed by atoms with Gasteiger partial charge in [-0.15, -0.1) is 0 Å². The second kappa shape index (κ2) is 8.16. The normalized spacial score (nSPS) is 22.3. The van der Waals surface area contributed by atoms with E-state index in [0.29, 0.717) is 29.7 Å². The molecule has 0 bridgehead atoms. The third kappa shape index (κ3) is 4.59. The van der Waals surface area contributed by atoms with Crippen LogP contribution in [0.1, 0.15) is 54.9 Å². The molecule has 0 fully saturated rings. The van der Waals surface area contributed by atoms with Crippen molar-refractivity contribution >= 4 is 14.3 Å². The quantitative estimate of drug-likeness (QED) is 0.513. The summed E-state index contributed by atoms with van der Waals surface area (Å²) in [4.78, 5) is 11.1. The number of carbonyl (C=O) groups is 1. The molecule has 0 radical (unpaired) electrons. The highest BCUT2D eigenvalue weighted by Crippen LogP contribution is 2.42. The zero-order valence-corrected chi connectivity index (χ0v) is 16.1. The average Bonchev–Trinajstić information content (AvgIpc) is 2.37. The molecule has 0 aromatic heterocycles. The van der Waals surface area contributed by atoms with Crippen LogP contribution in [0.2, 0.25) is 16.6 Å². The number of carbonyl (C=O) groups excluding carboxylic acids is 1. The van der Waals surface area contributed by atoms with Crippen molar-refractivity contribution in [3.05, 3.63) is 12.3 Å². The van der Waals surface area contributed by atoms with E-state index in [-0.39, 0.29) is 18.2 Å². The fourth-order valence-corrected chi connectivity index (χ4v) is 9.26. The predicted octanol–water partition coefficient (Wildman–Crippen LogP) is 4.41. The van der Waals surface area contributed by atoms with Crippen LogP contribution in [0.3, 0.4) is 0 Å². The van der Waals surface area contributed by atoms with Crippen LogP contribution >= 0.6 is 0 Å². The fraction of sp³-hybridized carbons (Fsp3) is 0.824. The van der Waals surface area contributed by atoms with Crippen LogP contribution < -0.4 is 0 Å². The number of ether oxygens (including phenoxy) is 2. The van der Waals surface area contributed by atoms with Crippen molar-refractivity contribution < 1.29 is 18.7 Å². The Kier molecular flexibility index (Phi) is 7.13. The molecule has 0 saturated carbocycles. The highest BCUT2D eigenvalue weighted by atomic mass is 28.4.